The van der Waals surface area contributed by atoms with Crippen LogP contribution in [-0.2, 0) is 9.59 Å². The zero-order valence-corrected chi connectivity index (χ0v) is 11.1. The topological polar surface area (TPSA) is 78.4 Å². The average molecular weight is 264 g/mol. The predicted molar refractivity (Wildman–Crippen MR) is 73.0 cm³/mol. The number of carbonyl (C=O) groups is 2. The molecule has 1 rings (SSSR count). The summed E-state index contributed by atoms with van der Waals surface area (Å²) >= 11 is 0. The summed E-state index contributed by atoms with van der Waals surface area (Å²) in [6.07, 6.45) is 0.356. The van der Waals surface area contributed by atoms with E-state index in [-0.39, 0.29) is 5.91 Å². The van der Waals surface area contributed by atoms with Crippen molar-refractivity contribution >= 4 is 11.9 Å². The number of rotatable bonds is 8. The Bertz CT molecular complexity index is 406. The Hall–Kier alpha value is -1.88. The Morgan fingerprint density at radius 3 is 2.53 bits per heavy atom. The van der Waals surface area contributed by atoms with Crippen LogP contribution in [0, 0.1) is 0 Å². The molecule has 1 atom stereocenters. The molecule has 0 aliphatic rings. The van der Waals surface area contributed by atoms with Crippen LogP contribution in [0.4, 0.5) is 0 Å². The molecule has 0 saturated carbocycles. The van der Waals surface area contributed by atoms with Crippen LogP contribution in [0.3, 0.4) is 0 Å². The van der Waals surface area contributed by atoms with Gasteiger partial charge in [-0.3, -0.25) is 9.59 Å². The molecule has 1 aromatic rings. The molecule has 0 fully saturated rings. The molecule has 0 aliphatic carbocycles. The third-order valence-corrected chi connectivity index (χ3v) is 2.75. The lowest BCUT2D eigenvalue weighted by Crippen LogP contribution is -2.31. The second-order valence-electron chi connectivity index (χ2n) is 4.21. The van der Waals surface area contributed by atoms with E-state index in [9.17, 15) is 14.7 Å². The van der Waals surface area contributed by atoms with Gasteiger partial charge in [-0.1, -0.05) is 30.3 Å². The van der Waals surface area contributed by atoms with Crippen LogP contribution in [0.1, 0.15) is 24.8 Å². The van der Waals surface area contributed by atoms with Crippen molar-refractivity contribution in [3.8, 4) is 0 Å². The van der Waals surface area contributed by atoms with E-state index in [1.165, 1.54) is 0 Å². The van der Waals surface area contributed by atoms with Gasteiger partial charge in [-0.2, -0.15) is 0 Å². The SMILES string of the molecule is CCNC(=O)CCNCC(C(=O)O)c1ccccc1. The largest absolute Gasteiger partial charge is 0.481 e. The highest BCUT2D eigenvalue weighted by Crippen LogP contribution is 2.14. The lowest BCUT2D eigenvalue weighted by atomic mass is 9.99. The van der Waals surface area contributed by atoms with Crippen molar-refractivity contribution in [3.05, 3.63) is 35.9 Å². The minimum absolute atomic E-state index is 0.0263. The summed E-state index contributed by atoms with van der Waals surface area (Å²) in [6.45, 7) is 3.27. The molecule has 0 aliphatic heterocycles. The van der Waals surface area contributed by atoms with E-state index in [1.54, 1.807) is 12.1 Å². The van der Waals surface area contributed by atoms with E-state index in [0.717, 1.165) is 5.56 Å². The Morgan fingerprint density at radius 1 is 1.26 bits per heavy atom. The second-order valence-corrected chi connectivity index (χ2v) is 4.21. The third kappa shape index (κ3) is 5.52. The van der Waals surface area contributed by atoms with Gasteiger partial charge in [0.05, 0.1) is 5.92 Å². The summed E-state index contributed by atoms with van der Waals surface area (Å²) in [7, 11) is 0. The van der Waals surface area contributed by atoms with Crippen molar-refractivity contribution < 1.29 is 14.7 Å². The molecule has 1 amide bonds. The van der Waals surface area contributed by atoms with E-state index in [4.69, 9.17) is 0 Å². The maximum Gasteiger partial charge on any atom is 0.312 e. The van der Waals surface area contributed by atoms with Gasteiger partial charge in [0.1, 0.15) is 0 Å². The van der Waals surface area contributed by atoms with Gasteiger partial charge in [0.2, 0.25) is 5.91 Å². The molecule has 0 aromatic heterocycles. The summed E-state index contributed by atoms with van der Waals surface area (Å²) in [4.78, 5) is 22.4. The Balaban J connectivity index is 2.40. The summed E-state index contributed by atoms with van der Waals surface area (Å²) in [5, 5.41) is 14.9. The molecule has 0 radical (unpaired) electrons. The lowest BCUT2D eigenvalue weighted by molar-refractivity contribution is -0.138. The second kappa shape index (κ2) is 8.26. The number of hydrogen-bond donors (Lipinski definition) is 3. The van der Waals surface area contributed by atoms with Gasteiger partial charge in [-0.25, -0.2) is 0 Å². The Morgan fingerprint density at radius 2 is 1.95 bits per heavy atom. The van der Waals surface area contributed by atoms with Crippen molar-refractivity contribution in [2.75, 3.05) is 19.6 Å². The lowest BCUT2D eigenvalue weighted by Gasteiger charge is -2.13. The number of aliphatic carboxylic acids is 1. The minimum atomic E-state index is -0.864. The third-order valence-electron chi connectivity index (χ3n) is 2.75. The highest BCUT2D eigenvalue weighted by molar-refractivity contribution is 5.77. The fraction of sp³-hybridized carbons (Fsp3) is 0.429. The molecule has 1 aromatic carbocycles. The number of carbonyl (C=O) groups excluding carboxylic acids is 1. The van der Waals surface area contributed by atoms with Crippen molar-refractivity contribution in [3.63, 3.8) is 0 Å². The number of benzene rings is 1. The predicted octanol–water partition coefficient (Wildman–Crippen LogP) is 0.971. The quantitative estimate of drug-likeness (QED) is 0.611. The molecule has 5 heteroatoms. The maximum atomic E-state index is 11.2. The highest BCUT2D eigenvalue weighted by Gasteiger charge is 2.18. The van der Waals surface area contributed by atoms with Crippen molar-refractivity contribution in [1.82, 2.24) is 10.6 Å². The van der Waals surface area contributed by atoms with Crippen LogP contribution in [-0.4, -0.2) is 36.6 Å². The molecule has 0 spiro atoms. The van der Waals surface area contributed by atoms with E-state index in [0.29, 0.717) is 26.1 Å². The van der Waals surface area contributed by atoms with Crippen molar-refractivity contribution in [1.29, 1.82) is 0 Å². The van der Waals surface area contributed by atoms with E-state index in [2.05, 4.69) is 10.6 Å². The molecule has 1 unspecified atom stereocenters. The van der Waals surface area contributed by atoms with E-state index in [1.807, 2.05) is 25.1 Å². The van der Waals surface area contributed by atoms with Gasteiger partial charge in [0.15, 0.2) is 0 Å². The Labute approximate surface area is 113 Å². The normalized spacial score (nSPS) is 11.8. The first-order valence-corrected chi connectivity index (χ1v) is 6.40. The average Bonchev–Trinajstić information content (AvgIpc) is 2.39. The summed E-state index contributed by atoms with van der Waals surface area (Å²) in [5.74, 6) is -1.48. The Kier molecular flexibility index (Phi) is 6.60. The highest BCUT2D eigenvalue weighted by atomic mass is 16.4. The first-order valence-electron chi connectivity index (χ1n) is 6.40. The number of carboxylic acid groups (broad SMARTS) is 1. The summed E-state index contributed by atoms with van der Waals surface area (Å²) < 4.78 is 0. The monoisotopic (exact) mass is 264 g/mol. The van der Waals surface area contributed by atoms with Gasteiger partial charge in [0, 0.05) is 26.1 Å². The molecular formula is C14H20N2O3. The van der Waals surface area contributed by atoms with Crippen molar-refractivity contribution in [2.45, 2.75) is 19.3 Å². The molecular weight excluding hydrogens is 244 g/mol. The van der Waals surface area contributed by atoms with Crippen molar-refractivity contribution in [2.24, 2.45) is 0 Å². The molecule has 0 bridgehead atoms. The zero-order valence-electron chi connectivity index (χ0n) is 11.1. The summed E-state index contributed by atoms with van der Waals surface area (Å²) in [5.41, 5.74) is 0.764. The first-order chi connectivity index (χ1) is 9.15. The van der Waals surface area contributed by atoms with E-state index < -0.39 is 11.9 Å². The first kappa shape index (κ1) is 15.2. The molecule has 104 valence electrons. The minimum Gasteiger partial charge on any atom is -0.481 e. The van der Waals surface area contributed by atoms with Crippen LogP contribution in [0.25, 0.3) is 0 Å². The molecule has 0 heterocycles. The smallest absolute Gasteiger partial charge is 0.312 e. The molecule has 19 heavy (non-hydrogen) atoms. The maximum absolute atomic E-state index is 11.2. The number of hydrogen-bond acceptors (Lipinski definition) is 3. The fourth-order valence-electron chi connectivity index (χ4n) is 1.77. The zero-order chi connectivity index (χ0) is 14.1. The van der Waals surface area contributed by atoms with Crippen LogP contribution >= 0.6 is 0 Å². The van der Waals surface area contributed by atoms with Crippen LogP contribution < -0.4 is 10.6 Å². The van der Waals surface area contributed by atoms with Gasteiger partial charge >= 0.3 is 5.97 Å². The van der Waals surface area contributed by atoms with E-state index >= 15 is 0 Å². The number of carboxylic acids is 1. The standard InChI is InChI=1S/C14H20N2O3/c1-2-16-13(17)8-9-15-10-12(14(18)19)11-6-4-3-5-7-11/h3-7,12,15H,2,8-10H2,1H3,(H,16,17)(H,18,19). The van der Waals surface area contributed by atoms with Gasteiger partial charge in [0.25, 0.3) is 0 Å². The van der Waals surface area contributed by atoms with Crippen LogP contribution in [0.2, 0.25) is 0 Å². The van der Waals surface area contributed by atoms with Crippen LogP contribution in [0.5, 0.6) is 0 Å². The number of amides is 1. The van der Waals surface area contributed by atoms with Crippen LogP contribution in [0.15, 0.2) is 30.3 Å². The van der Waals surface area contributed by atoms with Gasteiger partial charge < -0.3 is 15.7 Å². The number of nitrogens with one attached hydrogen (secondary N) is 2. The fourth-order valence-corrected chi connectivity index (χ4v) is 1.77. The summed E-state index contributed by atoms with van der Waals surface area (Å²) in [6, 6.07) is 9.08. The van der Waals surface area contributed by atoms with Gasteiger partial charge in [-0.05, 0) is 12.5 Å². The molecule has 5 nitrogen and oxygen atoms in total. The molecule has 3 N–H and O–H groups in total. The van der Waals surface area contributed by atoms with Gasteiger partial charge in [-0.15, -0.1) is 0 Å². The molecule has 0 saturated heterocycles.